The SMILES string of the molecule is CCOc1ccc(CN2Cc3ccccc3C2)cc1CNC(=O)[C@@H](N)Cc1c(C)cc(O)cc1C. The normalized spacial score (nSPS) is 13.9. The number of phenols is 1. The van der Waals surface area contributed by atoms with Crippen LogP contribution in [0.1, 0.15) is 45.9 Å². The van der Waals surface area contributed by atoms with Crippen LogP contribution in [-0.2, 0) is 37.4 Å². The van der Waals surface area contributed by atoms with E-state index < -0.39 is 6.04 Å². The number of nitrogens with zero attached hydrogens (tertiary/aromatic N) is 1. The molecule has 1 atom stereocenters. The summed E-state index contributed by atoms with van der Waals surface area (Å²) in [4.78, 5) is 15.3. The fourth-order valence-electron chi connectivity index (χ4n) is 4.86. The summed E-state index contributed by atoms with van der Waals surface area (Å²) in [5.41, 5.74) is 14.0. The molecule has 0 radical (unpaired) electrons. The van der Waals surface area contributed by atoms with Gasteiger partial charge < -0.3 is 20.9 Å². The maximum absolute atomic E-state index is 12.8. The predicted molar refractivity (Wildman–Crippen MR) is 138 cm³/mol. The number of aromatic hydroxyl groups is 1. The highest BCUT2D eigenvalue weighted by Gasteiger charge is 2.20. The number of fused-ring (bicyclic) bond motifs is 1. The molecule has 6 heteroatoms. The highest BCUT2D eigenvalue weighted by Crippen LogP contribution is 2.27. The van der Waals surface area contributed by atoms with Gasteiger partial charge in [0.15, 0.2) is 0 Å². The van der Waals surface area contributed by atoms with Crippen molar-refractivity contribution in [1.29, 1.82) is 0 Å². The number of carbonyl (C=O) groups is 1. The van der Waals surface area contributed by atoms with Crippen molar-refractivity contribution in [2.75, 3.05) is 6.61 Å². The first-order valence-corrected chi connectivity index (χ1v) is 12.2. The quantitative estimate of drug-likeness (QED) is 0.435. The first-order chi connectivity index (χ1) is 16.8. The van der Waals surface area contributed by atoms with Crippen molar-refractivity contribution < 1.29 is 14.6 Å². The number of nitrogens with one attached hydrogen (secondary N) is 1. The van der Waals surface area contributed by atoms with Crippen LogP contribution in [0.15, 0.2) is 54.6 Å². The van der Waals surface area contributed by atoms with E-state index in [1.165, 1.54) is 16.7 Å². The molecule has 0 aromatic heterocycles. The van der Waals surface area contributed by atoms with Gasteiger partial charge in [0, 0.05) is 31.7 Å². The van der Waals surface area contributed by atoms with Crippen molar-refractivity contribution in [3.05, 3.63) is 93.5 Å². The zero-order chi connectivity index (χ0) is 24.9. The second-order valence-electron chi connectivity index (χ2n) is 9.38. The van der Waals surface area contributed by atoms with Gasteiger partial charge in [-0.2, -0.15) is 0 Å². The lowest BCUT2D eigenvalue weighted by Gasteiger charge is -2.19. The topological polar surface area (TPSA) is 87.8 Å². The van der Waals surface area contributed by atoms with E-state index in [2.05, 4.69) is 46.6 Å². The fourth-order valence-corrected chi connectivity index (χ4v) is 4.86. The molecule has 0 aliphatic carbocycles. The maximum Gasteiger partial charge on any atom is 0.237 e. The minimum absolute atomic E-state index is 0.209. The molecule has 3 aromatic rings. The minimum Gasteiger partial charge on any atom is -0.508 e. The van der Waals surface area contributed by atoms with Gasteiger partial charge in [-0.05, 0) is 84.8 Å². The molecule has 35 heavy (non-hydrogen) atoms. The Balaban J connectivity index is 1.40. The molecule has 1 aliphatic rings. The van der Waals surface area contributed by atoms with E-state index in [1.807, 2.05) is 26.8 Å². The summed E-state index contributed by atoms with van der Waals surface area (Å²) in [6, 6.07) is 17.5. The van der Waals surface area contributed by atoms with Crippen molar-refractivity contribution in [2.45, 2.75) is 59.4 Å². The van der Waals surface area contributed by atoms with E-state index >= 15 is 0 Å². The van der Waals surface area contributed by atoms with Crippen LogP contribution in [0.25, 0.3) is 0 Å². The van der Waals surface area contributed by atoms with Gasteiger partial charge in [0.2, 0.25) is 5.91 Å². The minimum atomic E-state index is -0.682. The average molecular weight is 474 g/mol. The summed E-state index contributed by atoms with van der Waals surface area (Å²) >= 11 is 0. The van der Waals surface area contributed by atoms with Gasteiger partial charge in [0.05, 0.1) is 12.6 Å². The molecule has 184 valence electrons. The molecule has 0 saturated heterocycles. The van der Waals surface area contributed by atoms with Gasteiger partial charge >= 0.3 is 0 Å². The molecular formula is C29H35N3O3. The lowest BCUT2D eigenvalue weighted by molar-refractivity contribution is -0.122. The largest absolute Gasteiger partial charge is 0.508 e. The first kappa shape index (κ1) is 24.8. The summed E-state index contributed by atoms with van der Waals surface area (Å²) in [5.74, 6) is 0.794. The molecular weight excluding hydrogens is 438 g/mol. The van der Waals surface area contributed by atoms with Crippen LogP contribution in [-0.4, -0.2) is 28.6 Å². The van der Waals surface area contributed by atoms with Gasteiger partial charge in [-0.3, -0.25) is 9.69 Å². The summed E-state index contributed by atoms with van der Waals surface area (Å²) in [7, 11) is 0. The van der Waals surface area contributed by atoms with Crippen molar-refractivity contribution in [2.24, 2.45) is 5.73 Å². The molecule has 1 heterocycles. The van der Waals surface area contributed by atoms with E-state index in [9.17, 15) is 9.90 Å². The third-order valence-corrected chi connectivity index (χ3v) is 6.63. The standard InChI is InChI=1S/C29H35N3O3/c1-4-35-28-10-9-21(16-32-17-22-7-5-6-8-23(22)18-32)13-24(28)15-31-29(34)27(30)14-26-19(2)11-25(33)12-20(26)3/h5-13,27,33H,4,14-18,30H2,1-3H3,(H,31,34)/t27-/m0/s1. The molecule has 4 rings (SSSR count). The van der Waals surface area contributed by atoms with Crippen LogP contribution >= 0.6 is 0 Å². The number of ether oxygens (including phenoxy) is 1. The Hall–Kier alpha value is -3.35. The number of hydrogen-bond acceptors (Lipinski definition) is 5. The number of amides is 1. The van der Waals surface area contributed by atoms with Crippen LogP contribution in [0.2, 0.25) is 0 Å². The first-order valence-electron chi connectivity index (χ1n) is 12.2. The third kappa shape index (κ3) is 6.02. The Kier molecular flexibility index (Phi) is 7.73. The second-order valence-corrected chi connectivity index (χ2v) is 9.38. The highest BCUT2D eigenvalue weighted by atomic mass is 16.5. The smallest absolute Gasteiger partial charge is 0.237 e. The number of benzene rings is 3. The van der Waals surface area contributed by atoms with Gasteiger partial charge in [-0.1, -0.05) is 30.3 Å². The molecule has 0 spiro atoms. The fraction of sp³-hybridized carbons (Fsp3) is 0.345. The summed E-state index contributed by atoms with van der Waals surface area (Å²) in [5, 5.41) is 12.8. The van der Waals surface area contributed by atoms with Crippen LogP contribution in [0.4, 0.5) is 0 Å². The Morgan fingerprint density at radius 3 is 2.37 bits per heavy atom. The number of phenolic OH excluding ortho intramolecular Hbond substituents is 1. The van der Waals surface area contributed by atoms with Crippen molar-refractivity contribution in [3.63, 3.8) is 0 Å². The van der Waals surface area contributed by atoms with E-state index in [0.29, 0.717) is 19.6 Å². The monoisotopic (exact) mass is 473 g/mol. The van der Waals surface area contributed by atoms with Crippen LogP contribution < -0.4 is 15.8 Å². The van der Waals surface area contributed by atoms with Gasteiger partial charge in [-0.25, -0.2) is 0 Å². The Labute approximate surface area is 207 Å². The molecule has 1 amide bonds. The average Bonchev–Trinajstić information content (AvgIpc) is 3.23. The Morgan fingerprint density at radius 2 is 1.74 bits per heavy atom. The Morgan fingerprint density at radius 1 is 1.09 bits per heavy atom. The van der Waals surface area contributed by atoms with E-state index in [-0.39, 0.29) is 11.7 Å². The van der Waals surface area contributed by atoms with E-state index in [0.717, 1.165) is 47.6 Å². The highest BCUT2D eigenvalue weighted by molar-refractivity contribution is 5.82. The van der Waals surface area contributed by atoms with Crippen molar-refractivity contribution in [3.8, 4) is 11.5 Å². The van der Waals surface area contributed by atoms with Crippen LogP contribution in [0, 0.1) is 13.8 Å². The van der Waals surface area contributed by atoms with E-state index in [1.54, 1.807) is 12.1 Å². The van der Waals surface area contributed by atoms with Crippen molar-refractivity contribution >= 4 is 5.91 Å². The Bertz CT molecular complexity index is 1160. The summed E-state index contributed by atoms with van der Waals surface area (Å²) in [6.07, 6.45) is 0.414. The predicted octanol–water partition coefficient (Wildman–Crippen LogP) is 4.11. The zero-order valence-electron chi connectivity index (χ0n) is 20.8. The molecule has 0 fully saturated rings. The summed E-state index contributed by atoms with van der Waals surface area (Å²) in [6.45, 7) is 9.43. The molecule has 3 aromatic carbocycles. The lowest BCUT2D eigenvalue weighted by Crippen LogP contribution is -2.42. The lowest BCUT2D eigenvalue weighted by atomic mass is 9.96. The molecule has 0 bridgehead atoms. The number of nitrogens with two attached hydrogens (primary N) is 1. The van der Waals surface area contributed by atoms with Crippen molar-refractivity contribution in [1.82, 2.24) is 10.2 Å². The van der Waals surface area contributed by atoms with Gasteiger partial charge in [0.25, 0.3) is 0 Å². The third-order valence-electron chi connectivity index (χ3n) is 6.63. The molecule has 1 aliphatic heterocycles. The number of rotatable bonds is 9. The number of aryl methyl sites for hydroxylation is 2. The summed E-state index contributed by atoms with van der Waals surface area (Å²) < 4.78 is 5.82. The van der Waals surface area contributed by atoms with Crippen LogP contribution in [0.5, 0.6) is 11.5 Å². The van der Waals surface area contributed by atoms with E-state index in [4.69, 9.17) is 10.5 Å². The molecule has 0 unspecified atom stereocenters. The van der Waals surface area contributed by atoms with Crippen LogP contribution in [0.3, 0.4) is 0 Å². The molecule has 0 saturated carbocycles. The molecule has 4 N–H and O–H groups in total. The molecule has 6 nitrogen and oxygen atoms in total. The van der Waals surface area contributed by atoms with Gasteiger partial charge in [0.1, 0.15) is 11.5 Å². The number of hydrogen-bond donors (Lipinski definition) is 3. The maximum atomic E-state index is 12.8. The second kappa shape index (κ2) is 10.9. The zero-order valence-corrected chi connectivity index (χ0v) is 20.8. The van der Waals surface area contributed by atoms with Gasteiger partial charge in [-0.15, -0.1) is 0 Å². The number of carbonyl (C=O) groups excluding carboxylic acids is 1.